The lowest BCUT2D eigenvalue weighted by atomic mass is 9.89. The van der Waals surface area contributed by atoms with Gasteiger partial charge in [-0.05, 0) is 48.7 Å². The van der Waals surface area contributed by atoms with Gasteiger partial charge in [0.2, 0.25) is 0 Å². The summed E-state index contributed by atoms with van der Waals surface area (Å²) in [6, 6.07) is 14.1. The molecule has 2 atom stereocenters. The molecule has 0 amide bonds. The van der Waals surface area contributed by atoms with Crippen LogP contribution in [0.25, 0.3) is 23.0 Å². The van der Waals surface area contributed by atoms with E-state index in [0.717, 1.165) is 35.4 Å². The number of aryl methyl sites for hydroxylation is 1. The number of aliphatic hydroxyl groups is 2. The highest BCUT2D eigenvalue weighted by molar-refractivity contribution is 5.74. The van der Waals surface area contributed by atoms with Crippen LogP contribution in [0.2, 0.25) is 0 Å². The summed E-state index contributed by atoms with van der Waals surface area (Å²) in [6.45, 7) is 0. The molecule has 7 heteroatoms. The molecule has 0 spiro atoms. The predicted molar refractivity (Wildman–Crippen MR) is 112 cm³/mol. The number of carboxylic acid groups (broad SMARTS) is 1. The summed E-state index contributed by atoms with van der Waals surface area (Å²) in [5.74, 6) is -1.72. The van der Waals surface area contributed by atoms with Crippen molar-refractivity contribution in [1.82, 2.24) is 9.78 Å². The van der Waals surface area contributed by atoms with Crippen LogP contribution in [-0.2, 0) is 17.6 Å². The van der Waals surface area contributed by atoms with Crippen LogP contribution in [0.1, 0.15) is 29.7 Å². The Labute approximate surface area is 178 Å². The first-order chi connectivity index (χ1) is 14.9. The highest BCUT2D eigenvalue weighted by atomic mass is 19.1. The number of rotatable bonds is 7. The maximum absolute atomic E-state index is 13.4. The number of fused-ring (bicyclic) bond motifs is 3. The molecule has 2 aromatic carbocycles. The number of carbonyl (C=O) groups excluding carboxylic acids is 1. The van der Waals surface area contributed by atoms with Gasteiger partial charge in [-0.15, -0.1) is 0 Å². The molecule has 0 aliphatic heterocycles. The average molecular weight is 421 g/mol. The molecule has 1 aromatic heterocycles. The fraction of sp³-hybridized carbons (Fsp3) is 0.250. The molecule has 1 aliphatic rings. The third kappa shape index (κ3) is 4.57. The van der Waals surface area contributed by atoms with Crippen LogP contribution < -0.4 is 5.11 Å². The monoisotopic (exact) mass is 421 g/mol. The second kappa shape index (κ2) is 8.83. The zero-order valence-electron chi connectivity index (χ0n) is 16.7. The van der Waals surface area contributed by atoms with E-state index in [9.17, 15) is 24.5 Å². The quantitative estimate of drug-likeness (QED) is 0.608. The first kappa shape index (κ1) is 21.0. The zero-order chi connectivity index (χ0) is 22.0. The summed E-state index contributed by atoms with van der Waals surface area (Å²) < 4.78 is 15.2. The fourth-order valence-corrected chi connectivity index (χ4v) is 3.94. The lowest BCUT2D eigenvalue weighted by molar-refractivity contribution is -0.307. The Morgan fingerprint density at radius 2 is 1.90 bits per heavy atom. The third-order valence-corrected chi connectivity index (χ3v) is 5.40. The van der Waals surface area contributed by atoms with Gasteiger partial charge in [-0.3, -0.25) is 0 Å². The number of nitrogens with zero attached hydrogens (tertiary/aromatic N) is 2. The summed E-state index contributed by atoms with van der Waals surface area (Å²) in [4.78, 5) is 10.6. The Morgan fingerprint density at radius 1 is 1.16 bits per heavy atom. The second-order valence-corrected chi connectivity index (χ2v) is 7.65. The van der Waals surface area contributed by atoms with Crippen molar-refractivity contribution in [2.75, 3.05) is 0 Å². The SMILES string of the molecule is O=C([O-])C[C@H](O)C[C@H](O)/C=C/c1c2c(nn1-c1ccc(F)cc1)-c1ccccc1CC2. The standard InChI is InChI=1S/C24H23FN2O4/c25-16-6-8-17(9-7-16)27-22(12-10-18(28)13-19(29)14-23(30)31)21-11-5-15-3-1-2-4-20(15)24(21)26-27/h1-4,6-10,12,18-19,28-29H,5,11,13-14H2,(H,30,31)/p-1/b12-10+/t18-,19-/m1/s1. The summed E-state index contributed by atoms with van der Waals surface area (Å²) in [5.41, 5.74) is 5.55. The molecule has 31 heavy (non-hydrogen) atoms. The van der Waals surface area contributed by atoms with Crippen LogP contribution in [0.15, 0.2) is 54.6 Å². The van der Waals surface area contributed by atoms with E-state index in [1.807, 2.05) is 18.2 Å². The zero-order valence-corrected chi connectivity index (χ0v) is 16.7. The van der Waals surface area contributed by atoms with Crippen LogP contribution in [-0.4, -0.2) is 38.2 Å². The first-order valence-electron chi connectivity index (χ1n) is 10.1. The first-order valence-corrected chi connectivity index (χ1v) is 10.1. The number of carbonyl (C=O) groups is 1. The molecule has 0 bridgehead atoms. The Morgan fingerprint density at radius 3 is 2.65 bits per heavy atom. The fourth-order valence-electron chi connectivity index (χ4n) is 3.94. The average Bonchev–Trinajstić information content (AvgIpc) is 3.11. The normalized spacial score (nSPS) is 14.8. The summed E-state index contributed by atoms with van der Waals surface area (Å²) in [6.07, 6.45) is 1.94. The van der Waals surface area contributed by atoms with Crippen molar-refractivity contribution in [3.63, 3.8) is 0 Å². The topological polar surface area (TPSA) is 98.4 Å². The Kier molecular flexibility index (Phi) is 5.97. The molecule has 4 rings (SSSR count). The maximum atomic E-state index is 13.4. The van der Waals surface area contributed by atoms with Crippen molar-refractivity contribution < 1.29 is 24.5 Å². The number of carboxylic acids is 1. The van der Waals surface area contributed by atoms with Gasteiger partial charge in [0, 0.05) is 29.9 Å². The van der Waals surface area contributed by atoms with Gasteiger partial charge in [-0.1, -0.05) is 30.3 Å². The number of benzene rings is 2. The minimum Gasteiger partial charge on any atom is -0.550 e. The van der Waals surface area contributed by atoms with E-state index in [1.165, 1.54) is 23.8 Å². The lowest BCUT2D eigenvalue weighted by Gasteiger charge is -2.15. The molecule has 1 aliphatic carbocycles. The van der Waals surface area contributed by atoms with E-state index in [0.29, 0.717) is 5.69 Å². The van der Waals surface area contributed by atoms with Crippen LogP contribution in [0.4, 0.5) is 4.39 Å². The number of aliphatic hydroxyl groups excluding tert-OH is 2. The highest BCUT2D eigenvalue weighted by Crippen LogP contribution is 2.36. The largest absolute Gasteiger partial charge is 0.550 e. The predicted octanol–water partition coefficient (Wildman–Crippen LogP) is 2.04. The molecular weight excluding hydrogens is 399 g/mol. The van der Waals surface area contributed by atoms with Crippen LogP contribution in [0.5, 0.6) is 0 Å². The summed E-state index contributed by atoms with van der Waals surface area (Å²) in [7, 11) is 0. The van der Waals surface area contributed by atoms with Gasteiger partial charge in [0.05, 0.1) is 29.3 Å². The third-order valence-electron chi connectivity index (χ3n) is 5.40. The van der Waals surface area contributed by atoms with Crippen molar-refractivity contribution in [1.29, 1.82) is 0 Å². The van der Waals surface area contributed by atoms with Crippen LogP contribution >= 0.6 is 0 Å². The summed E-state index contributed by atoms with van der Waals surface area (Å²) >= 11 is 0. The maximum Gasteiger partial charge on any atom is 0.123 e. The van der Waals surface area contributed by atoms with Gasteiger partial charge in [-0.25, -0.2) is 9.07 Å². The number of aliphatic carboxylic acids is 1. The molecule has 0 radical (unpaired) electrons. The Balaban J connectivity index is 1.71. The van der Waals surface area contributed by atoms with E-state index >= 15 is 0 Å². The molecule has 0 saturated carbocycles. The van der Waals surface area contributed by atoms with Gasteiger partial charge in [0.25, 0.3) is 0 Å². The van der Waals surface area contributed by atoms with Gasteiger partial charge in [0.15, 0.2) is 0 Å². The van der Waals surface area contributed by atoms with Crippen LogP contribution in [0, 0.1) is 5.82 Å². The number of halogens is 1. The lowest BCUT2D eigenvalue weighted by Crippen LogP contribution is -2.29. The Bertz CT molecular complexity index is 1120. The molecule has 0 fully saturated rings. The van der Waals surface area contributed by atoms with Gasteiger partial charge in [0.1, 0.15) is 5.82 Å². The molecule has 0 unspecified atom stereocenters. The van der Waals surface area contributed by atoms with Crippen molar-refractivity contribution in [2.45, 2.75) is 37.9 Å². The molecule has 2 N–H and O–H groups in total. The number of hydrogen-bond acceptors (Lipinski definition) is 5. The van der Waals surface area contributed by atoms with E-state index in [1.54, 1.807) is 22.9 Å². The van der Waals surface area contributed by atoms with Crippen molar-refractivity contribution in [3.05, 3.63) is 77.2 Å². The molecule has 1 heterocycles. The second-order valence-electron chi connectivity index (χ2n) is 7.65. The van der Waals surface area contributed by atoms with Crippen LogP contribution in [0.3, 0.4) is 0 Å². The van der Waals surface area contributed by atoms with Crippen molar-refractivity contribution in [3.8, 4) is 16.9 Å². The smallest absolute Gasteiger partial charge is 0.123 e. The molecular formula is C24H22FN2O4-. The van der Waals surface area contributed by atoms with Crippen molar-refractivity contribution in [2.24, 2.45) is 0 Å². The van der Waals surface area contributed by atoms with E-state index < -0.39 is 24.6 Å². The summed E-state index contributed by atoms with van der Waals surface area (Å²) in [5, 5.41) is 35.4. The Hall–Kier alpha value is -3.29. The minimum atomic E-state index is -1.37. The number of aromatic nitrogens is 2. The van der Waals surface area contributed by atoms with Gasteiger partial charge >= 0.3 is 0 Å². The molecule has 160 valence electrons. The van der Waals surface area contributed by atoms with E-state index in [-0.39, 0.29) is 12.2 Å². The highest BCUT2D eigenvalue weighted by Gasteiger charge is 2.24. The van der Waals surface area contributed by atoms with Crippen molar-refractivity contribution >= 4 is 12.0 Å². The molecule has 3 aromatic rings. The van der Waals surface area contributed by atoms with E-state index in [2.05, 4.69) is 6.07 Å². The van der Waals surface area contributed by atoms with Gasteiger partial charge in [-0.2, -0.15) is 5.10 Å². The van der Waals surface area contributed by atoms with E-state index in [4.69, 9.17) is 5.10 Å². The molecule has 6 nitrogen and oxygen atoms in total. The number of hydrogen-bond donors (Lipinski definition) is 2. The molecule has 0 saturated heterocycles. The minimum absolute atomic E-state index is 0.125. The van der Waals surface area contributed by atoms with Gasteiger partial charge < -0.3 is 20.1 Å².